The van der Waals surface area contributed by atoms with E-state index in [0.29, 0.717) is 22.0 Å². The van der Waals surface area contributed by atoms with E-state index in [1.165, 1.54) is 25.3 Å². The predicted molar refractivity (Wildman–Crippen MR) is 139 cm³/mol. The standard InChI is InChI=1S/C26H19Cl2N3O6/c1-36-21-13-15(11-17-24(33)30-26(35)31(25(17)34)16-7-3-2-4-8-16)12-19(28)23(21)37-14-22(32)29-20-10-6-5-9-18(20)27/h2-13H,14H2,1H3,(H,29,32)(H,30,33,35)/b17-11-. The highest BCUT2D eigenvalue weighted by Crippen LogP contribution is 2.37. The van der Waals surface area contributed by atoms with E-state index in [1.54, 1.807) is 54.6 Å². The summed E-state index contributed by atoms with van der Waals surface area (Å²) in [7, 11) is 1.37. The first-order chi connectivity index (χ1) is 17.8. The first-order valence-corrected chi connectivity index (χ1v) is 11.6. The van der Waals surface area contributed by atoms with E-state index in [2.05, 4.69) is 10.6 Å². The summed E-state index contributed by atoms with van der Waals surface area (Å²) in [6, 6.07) is 17.0. The van der Waals surface area contributed by atoms with Crippen LogP contribution in [-0.4, -0.2) is 37.5 Å². The molecule has 4 rings (SSSR count). The number of nitrogens with one attached hydrogen (secondary N) is 2. The number of rotatable bonds is 7. The molecule has 5 amide bonds. The minimum absolute atomic E-state index is 0.0661. The molecule has 1 heterocycles. The lowest BCUT2D eigenvalue weighted by Crippen LogP contribution is -2.54. The topological polar surface area (TPSA) is 114 Å². The fourth-order valence-electron chi connectivity index (χ4n) is 3.49. The number of barbiturate groups is 1. The molecule has 1 aliphatic rings. The van der Waals surface area contributed by atoms with Crippen LogP contribution in [-0.2, 0) is 14.4 Å². The number of carbonyl (C=O) groups is 4. The van der Waals surface area contributed by atoms with Crippen molar-refractivity contribution in [2.24, 2.45) is 0 Å². The minimum Gasteiger partial charge on any atom is -0.493 e. The van der Waals surface area contributed by atoms with Gasteiger partial charge in [0.05, 0.1) is 28.5 Å². The van der Waals surface area contributed by atoms with Crippen molar-refractivity contribution >= 4 is 64.4 Å². The van der Waals surface area contributed by atoms with E-state index in [-0.39, 0.29) is 22.1 Å². The molecule has 3 aromatic rings. The number of hydrogen-bond donors (Lipinski definition) is 2. The molecule has 0 spiro atoms. The van der Waals surface area contributed by atoms with Gasteiger partial charge >= 0.3 is 6.03 Å². The number of hydrogen-bond acceptors (Lipinski definition) is 6. The van der Waals surface area contributed by atoms with Crippen LogP contribution >= 0.6 is 23.2 Å². The maximum absolute atomic E-state index is 13.0. The number of benzene rings is 3. The van der Waals surface area contributed by atoms with Crippen molar-refractivity contribution in [1.29, 1.82) is 0 Å². The van der Waals surface area contributed by atoms with Crippen molar-refractivity contribution in [2.75, 3.05) is 23.9 Å². The maximum atomic E-state index is 13.0. The lowest BCUT2D eigenvalue weighted by Gasteiger charge is -2.26. The Morgan fingerprint density at radius 2 is 1.70 bits per heavy atom. The highest BCUT2D eigenvalue weighted by molar-refractivity contribution is 6.39. The molecule has 0 bridgehead atoms. The number of carbonyl (C=O) groups excluding carboxylic acids is 4. The zero-order valence-electron chi connectivity index (χ0n) is 19.3. The SMILES string of the molecule is COc1cc(/C=C2/C(=O)NC(=O)N(c3ccccc3)C2=O)cc(Cl)c1OCC(=O)Nc1ccccc1Cl. The van der Waals surface area contributed by atoms with Gasteiger partial charge in [-0.15, -0.1) is 0 Å². The summed E-state index contributed by atoms with van der Waals surface area (Å²) in [5, 5.41) is 5.23. The first kappa shape index (κ1) is 25.7. The Morgan fingerprint density at radius 3 is 2.41 bits per heavy atom. The molecule has 0 radical (unpaired) electrons. The minimum atomic E-state index is -0.854. The average molecular weight is 540 g/mol. The van der Waals surface area contributed by atoms with Crippen molar-refractivity contribution in [3.63, 3.8) is 0 Å². The number of halogens is 2. The Morgan fingerprint density at radius 1 is 1.00 bits per heavy atom. The molecular weight excluding hydrogens is 521 g/mol. The third kappa shape index (κ3) is 5.74. The number of imide groups is 2. The van der Waals surface area contributed by atoms with Crippen molar-refractivity contribution in [3.8, 4) is 11.5 Å². The number of para-hydroxylation sites is 2. The normalized spacial score (nSPS) is 14.4. The zero-order valence-corrected chi connectivity index (χ0v) is 20.8. The molecule has 37 heavy (non-hydrogen) atoms. The van der Waals surface area contributed by atoms with Gasteiger partial charge in [0.2, 0.25) is 0 Å². The molecular formula is C26H19Cl2N3O6. The summed E-state index contributed by atoms with van der Waals surface area (Å²) in [5.41, 5.74) is 0.777. The number of nitrogens with zero attached hydrogens (tertiary/aromatic N) is 1. The molecule has 1 aliphatic heterocycles. The second-order valence-electron chi connectivity index (χ2n) is 7.64. The summed E-state index contributed by atoms with van der Waals surface area (Å²) in [5.74, 6) is -1.89. The summed E-state index contributed by atoms with van der Waals surface area (Å²) < 4.78 is 10.9. The van der Waals surface area contributed by atoms with Gasteiger partial charge in [-0.1, -0.05) is 53.5 Å². The monoisotopic (exact) mass is 539 g/mol. The lowest BCUT2D eigenvalue weighted by atomic mass is 10.1. The van der Waals surface area contributed by atoms with Gasteiger partial charge in [-0.3, -0.25) is 19.7 Å². The van der Waals surface area contributed by atoms with Crippen molar-refractivity contribution in [3.05, 3.63) is 87.9 Å². The van der Waals surface area contributed by atoms with Crippen molar-refractivity contribution in [1.82, 2.24) is 5.32 Å². The molecule has 9 nitrogen and oxygen atoms in total. The Kier molecular flexibility index (Phi) is 7.76. The van der Waals surface area contributed by atoms with E-state index < -0.39 is 30.4 Å². The second kappa shape index (κ2) is 11.2. The van der Waals surface area contributed by atoms with Crippen molar-refractivity contribution in [2.45, 2.75) is 0 Å². The van der Waals surface area contributed by atoms with Crippen LogP contribution in [0.5, 0.6) is 11.5 Å². The van der Waals surface area contributed by atoms with Crippen LogP contribution in [0.25, 0.3) is 6.08 Å². The Bertz CT molecular complexity index is 1430. The Balaban J connectivity index is 1.56. The van der Waals surface area contributed by atoms with Gasteiger partial charge in [0, 0.05) is 0 Å². The van der Waals surface area contributed by atoms with Gasteiger partial charge < -0.3 is 14.8 Å². The van der Waals surface area contributed by atoms with Crippen LogP contribution in [0.15, 0.2) is 72.3 Å². The zero-order chi connectivity index (χ0) is 26.5. The van der Waals surface area contributed by atoms with E-state index in [4.69, 9.17) is 32.7 Å². The molecule has 1 saturated heterocycles. The summed E-state index contributed by atoms with van der Waals surface area (Å²) in [4.78, 5) is 51.0. The van der Waals surface area contributed by atoms with E-state index in [1.807, 2.05) is 0 Å². The predicted octanol–water partition coefficient (Wildman–Crippen LogP) is 4.69. The summed E-state index contributed by atoms with van der Waals surface area (Å²) in [6.07, 6.45) is 1.28. The van der Waals surface area contributed by atoms with Gasteiger partial charge in [-0.25, -0.2) is 9.69 Å². The van der Waals surface area contributed by atoms with Crippen LogP contribution in [0.3, 0.4) is 0 Å². The fraction of sp³-hybridized carbons (Fsp3) is 0.0769. The molecule has 0 atom stereocenters. The highest BCUT2D eigenvalue weighted by atomic mass is 35.5. The average Bonchev–Trinajstić information content (AvgIpc) is 2.87. The van der Waals surface area contributed by atoms with Crippen LogP contribution in [0.2, 0.25) is 10.0 Å². The van der Waals surface area contributed by atoms with Crippen LogP contribution in [0.4, 0.5) is 16.2 Å². The first-order valence-electron chi connectivity index (χ1n) is 10.8. The fourth-order valence-corrected chi connectivity index (χ4v) is 3.94. The van der Waals surface area contributed by atoms with Gasteiger partial charge in [0.15, 0.2) is 18.1 Å². The van der Waals surface area contributed by atoms with E-state index in [9.17, 15) is 19.2 Å². The van der Waals surface area contributed by atoms with Gasteiger partial charge in [-0.2, -0.15) is 0 Å². The van der Waals surface area contributed by atoms with Gasteiger partial charge in [0.25, 0.3) is 17.7 Å². The molecule has 0 unspecified atom stereocenters. The molecule has 0 saturated carbocycles. The molecule has 1 fully saturated rings. The van der Waals surface area contributed by atoms with E-state index >= 15 is 0 Å². The summed E-state index contributed by atoms with van der Waals surface area (Å²) in [6.45, 7) is -0.392. The number of ether oxygens (including phenoxy) is 2. The Hall–Kier alpha value is -4.34. The van der Waals surface area contributed by atoms with Crippen LogP contribution in [0.1, 0.15) is 5.56 Å². The third-order valence-corrected chi connectivity index (χ3v) is 5.78. The largest absolute Gasteiger partial charge is 0.493 e. The second-order valence-corrected chi connectivity index (χ2v) is 8.46. The maximum Gasteiger partial charge on any atom is 0.335 e. The number of amides is 5. The number of urea groups is 1. The molecule has 11 heteroatoms. The van der Waals surface area contributed by atoms with Crippen LogP contribution in [0, 0.1) is 0 Å². The summed E-state index contributed by atoms with van der Waals surface area (Å²) >= 11 is 12.4. The Labute approximate surface area is 221 Å². The third-order valence-electron chi connectivity index (χ3n) is 5.17. The van der Waals surface area contributed by atoms with Crippen LogP contribution < -0.4 is 25.0 Å². The number of methoxy groups -OCH3 is 1. The molecule has 2 N–H and O–H groups in total. The molecule has 188 valence electrons. The molecule has 3 aromatic carbocycles. The smallest absolute Gasteiger partial charge is 0.335 e. The van der Waals surface area contributed by atoms with Gasteiger partial charge in [-0.05, 0) is 48.0 Å². The molecule has 0 aliphatic carbocycles. The highest BCUT2D eigenvalue weighted by Gasteiger charge is 2.36. The van der Waals surface area contributed by atoms with Crippen molar-refractivity contribution < 1.29 is 28.7 Å². The molecule has 0 aromatic heterocycles. The quantitative estimate of drug-likeness (QED) is 0.332. The van der Waals surface area contributed by atoms with Gasteiger partial charge in [0.1, 0.15) is 5.57 Å². The number of anilines is 2. The lowest BCUT2D eigenvalue weighted by molar-refractivity contribution is -0.122. The van der Waals surface area contributed by atoms with E-state index in [0.717, 1.165) is 4.90 Å².